The van der Waals surface area contributed by atoms with Crippen LogP contribution in [-0.2, 0) is 40.1 Å². The Morgan fingerprint density at radius 3 is 1.75 bits per heavy atom. The fraction of sp³-hybridized carbons (Fsp3) is 0.587. The Hall–Kier alpha value is -7.29. The lowest BCUT2D eigenvalue weighted by atomic mass is 9.85. The van der Waals surface area contributed by atoms with Crippen molar-refractivity contribution < 1.29 is 34.4 Å². The molecular formula is C46H80N16O7. The van der Waals surface area contributed by atoms with E-state index < -0.39 is 11.9 Å². The number of aryl methyl sites for hydroxylation is 3. The van der Waals surface area contributed by atoms with Gasteiger partial charge < -0.3 is 36.8 Å². The number of nitrogen functional groups attached to an aromatic ring is 2. The van der Waals surface area contributed by atoms with Crippen molar-refractivity contribution in [2.24, 2.45) is 44.5 Å². The zero-order chi connectivity index (χ0) is 55.6. The van der Waals surface area contributed by atoms with E-state index >= 15 is 0 Å². The second-order valence-electron chi connectivity index (χ2n) is 13.0. The van der Waals surface area contributed by atoms with Gasteiger partial charge in [0, 0.05) is 32.5 Å². The minimum atomic E-state index is -0.623. The van der Waals surface area contributed by atoms with Crippen LogP contribution in [0.15, 0.2) is 35.3 Å². The number of hydrogen-bond donors (Lipinski definition) is 7. The number of carbonyl (C=O) groups is 3. The number of nitrogens with two attached hydrogens (primary N) is 4. The number of carbonyl (C=O) groups excluding carboxylic acids is 2. The smallest absolute Gasteiger partial charge is 0.308 e. The number of primary amides is 1. The lowest BCUT2D eigenvalue weighted by molar-refractivity contribution is -0.150. The Morgan fingerprint density at radius 1 is 0.913 bits per heavy atom. The number of fused-ring (bicyclic) bond motifs is 1. The summed E-state index contributed by atoms with van der Waals surface area (Å²) in [6.45, 7) is 29.6. The van der Waals surface area contributed by atoms with Gasteiger partial charge >= 0.3 is 11.9 Å². The number of aromatic amines is 1. The molecule has 69 heavy (non-hydrogen) atoms. The largest absolute Gasteiger partial charge is 0.512 e. The van der Waals surface area contributed by atoms with Gasteiger partial charge in [0.15, 0.2) is 5.65 Å². The van der Waals surface area contributed by atoms with Gasteiger partial charge in [-0.15, -0.1) is 0 Å². The molecule has 4 heterocycles. The maximum Gasteiger partial charge on any atom is 0.308 e. The standard InChI is InChI=1S/C10H12N4O.C7H12O2.C6H6N2O.C5H8N4O.C5H6N4.C5H8O2.3C2H6.CH6N2.CH4/c1-14-9-7(5-11-14)10(15)13-8(12-9)6-3-2-4-6;1-2-9-7(8)6-4-3-5-6;1-3-9-5-6(4-7)8-2;1-9-4(6)3(2-8-9)5(7)10;1-7-4-3-8-9(2)5(4)6;6-5(7)4-2-1-3-4;3*1-2;1-3-2;/h5-6H,2-4H2,1H3,(H,12,13,15);6H,2-5H2,1H3;5H,3H2,1H3;2H,6H2,1H3,(H2,7,10);3H,6H2,2H3;4H,1-3H2,(H,6,7);3*1-2H3;3H,2H2,1H3;1H4/b;;6-5-;;;;;;;;/i1D;;;1D;2D;;;;;1D;. The van der Waals surface area contributed by atoms with Crippen molar-refractivity contribution in [3.8, 4) is 6.07 Å². The number of carboxylic acid groups (broad SMARTS) is 1. The van der Waals surface area contributed by atoms with Gasteiger partial charge in [-0.05, 0) is 59.4 Å². The Bertz CT molecular complexity index is 2320. The normalized spacial score (nSPS) is 13.3. The van der Waals surface area contributed by atoms with Crippen molar-refractivity contribution in [3.05, 3.63) is 75.1 Å². The molecule has 23 heteroatoms. The number of hydrazine groups is 1. The molecule has 0 saturated heterocycles. The number of nitrogens with zero attached hydrogens (tertiary/aromatic N) is 10. The first-order chi connectivity index (χ1) is 34.7. The van der Waals surface area contributed by atoms with Crippen molar-refractivity contribution in [3.63, 3.8) is 0 Å². The number of rotatable bonds is 7. The minimum Gasteiger partial charge on any atom is -0.512 e. The molecule has 23 nitrogen and oxygen atoms in total. The first kappa shape index (κ1) is 59.7. The third-order valence-electron chi connectivity index (χ3n) is 8.92. The third-order valence-corrected chi connectivity index (χ3v) is 8.92. The predicted octanol–water partition coefficient (Wildman–Crippen LogP) is 6.90. The molecular weight excluding hydrogens is 889 g/mol. The van der Waals surface area contributed by atoms with Crippen molar-refractivity contribution in [2.45, 2.75) is 127 Å². The molecule has 0 aliphatic heterocycles. The summed E-state index contributed by atoms with van der Waals surface area (Å²) in [4.78, 5) is 56.3. The molecule has 0 bridgehead atoms. The molecule has 0 atom stereocenters. The highest BCUT2D eigenvalue weighted by Gasteiger charge is 2.26. The second-order valence-corrected chi connectivity index (χ2v) is 13.0. The topological polar surface area (TPSA) is 338 Å². The zero-order valence-electron chi connectivity index (χ0n) is 44.8. The molecule has 7 rings (SSSR count). The number of anilines is 2. The first-order valence-electron chi connectivity index (χ1n) is 24.8. The van der Waals surface area contributed by atoms with Gasteiger partial charge in [0.25, 0.3) is 17.2 Å². The fourth-order valence-electron chi connectivity index (χ4n) is 4.71. The molecule has 11 N–H and O–H groups in total. The van der Waals surface area contributed by atoms with Crippen molar-refractivity contribution in [2.75, 3.05) is 31.7 Å². The molecule has 3 fully saturated rings. The monoisotopic (exact) mass is 973 g/mol. The zero-order valence-corrected chi connectivity index (χ0v) is 40.8. The SMILES string of the molecule is C.CC.CC.CC.CCOC(=O)C1CCC1.O=C(O)C1CCC1.[2H]CNN.[2H]Cn1ncc(C(N)=O)c1N.[2H]Cn1ncc([N+]#[C-])c1N.[2H]Cn1ncc2c(=O)[nH]c(C3CCC3)nc21.[C-]#[N+]/C(C#N)=C\OCC. The number of amides is 1. The van der Waals surface area contributed by atoms with Crippen LogP contribution in [0.2, 0.25) is 0 Å². The van der Waals surface area contributed by atoms with E-state index in [0.29, 0.717) is 35.9 Å². The summed E-state index contributed by atoms with van der Waals surface area (Å²) in [5, 5.41) is 28.2. The van der Waals surface area contributed by atoms with Gasteiger partial charge in [0.2, 0.25) is 5.69 Å². The van der Waals surface area contributed by atoms with E-state index in [-0.39, 0.29) is 81.8 Å². The highest BCUT2D eigenvalue weighted by Crippen LogP contribution is 2.34. The third kappa shape index (κ3) is 25.4. The number of aliphatic carboxylic acids is 1. The first-order valence-corrected chi connectivity index (χ1v) is 22.0. The van der Waals surface area contributed by atoms with Crippen molar-refractivity contribution in [1.29, 1.82) is 5.26 Å². The number of nitriles is 1. The summed E-state index contributed by atoms with van der Waals surface area (Å²) in [6.07, 6.45) is 14.8. The highest BCUT2D eigenvalue weighted by atomic mass is 16.5. The average Bonchev–Trinajstić information content (AvgIpc) is 4.06. The predicted molar refractivity (Wildman–Crippen MR) is 271 cm³/mol. The Morgan fingerprint density at radius 2 is 1.43 bits per heavy atom. The van der Waals surface area contributed by atoms with Crippen molar-refractivity contribution >= 4 is 46.2 Å². The van der Waals surface area contributed by atoms with Crippen LogP contribution in [0.25, 0.3) is 20.7 Å². The van der Waals surface area contributed by atoms with Gasteiger partial charge in [-0.3, -0.25) is 44.5 Å². The van der Waals surface area contributed by atoms with Gasteiger partial charge in [-0.2, -0.15) is 15.3 Å². The summed E-state index contributed by atoms with van der Waals surface area (Å²) in [5.41, 5.74) is 18.7. The minimum absolute atomic E-state index is 0. The van der Waals surface area contributed by atoms with E-state index in [9.17, 15) is 19.2 Å². The highest BCUT2D eigenvalue weighted by molar-refractivity contribution is 5.96. The molecule has 1 amide bonds. The van der Waals surface area contributed by atoms with Crippen LogP contribution in [0.1, 0.15) is 148 Å². The number of hydrogen-bond acceptors (Lipinski definition) is 15. The number of nitrogens with one attached hydrogen (secondary N) is 2. The van der Waals surface area contributed by atoms with Gasteiger partial charge in [-0.25, -0.2) is 19.9 Å². The van der Waals surface area contributed by atoms with E-state index in [1.165, 1.54) is 45.5 Å². The number of ether oxygens (including phenoxy) is 2. The average molecular weight is 973 g/mol. The van der Waals surface area contributed by atoms with Gasteiger partial charge in [0.05, 0.1) is 62.9 Å². The molecule has 4 aromatic rings. The van der Waals surface area contributed by atoms with Crippen LogP contribution in [-0.4, -0.2) is 82.5 Å². The van der Waals surface area contributed by atoms with Crippen molar-refractivity contribution in [1.82, 2.24) is 44.7 Å². The van der Waals surface area contributed by atoms with Crippen LogP contribution < -0.4 is 34.0 Å². The van der Waals surface area contributed by atoms with Crippen LogP contribution >= 0.6 is 0 Å². The number of aromatic nitrogens is 8. The van der Waals surface area contributed by atoms with Crippen LogP contribution in [0.5, 0.6) is 0 Å². The van der Waals surface area contributed by atoms with Gasteiger partial charge in [0.1, 0.15) is 34.7 Å². The number of esters is 1. The molecule has 0 unspecified atom stereocenters. The van der Waals surface area contributed by atoms with Crippen LogP contribution in [0.3, 0.4) is 0 Å². The molecule has 0 radical (unpaired) electrons. The van der Waals surface area contributed by atoms with Crippen LogP contribution in [0.4, 0.5) is 17.3 Å². The van der Waals surface area contributed by atoms with E-state index in [1.807, 2.05) is 48.5 Å². The Kier molecular flexibility index (Phi) is 35.4. The number of allylic oxidation sites excluding steroid dienone is 1. The summed E-state index contributed by atoms with van der Waals surface area (Å²) in [6, 6.07) is 1.67. The fourth-order valence-corrected chi connectivity index (χ4v) is 4.71. The van der Waals surface area contributed by atoms with Gasteiger partial charge in [-0.1, -0.05) is 68.2 Å². The Labute approximate surface area is 413 Å². The van der Waals surface area contributed by atoms with Crippen LogP contribution in [0, 0.1) is 36.3 Å². The summed E-state index contributed by atoms with van der Waals surface area (Å²) < 4.78 is 40.7. The second kappa shape index (κ2) is 40.9. The summed E-state index contributed by atoms with van der Waals surface area (Å²) >= 11 is 0. The molecule has 3 aliphatic carbocycles. The summed E-state index contributed by atoms with van der Waals surface area (Å²) in [7, 11) is -0.0650. The molecule has 4 aromatic heterocycles. The maximum atomic E-state index is 11.8. The molecule has 386 valence electrons. The molecule has 0 spiro atoms. The lowest BCUT2D eigenvalue weighted by Crippen LogP contribution is -2.23. The number of carboxylic acids is 1. The Balaban J connectivity index is -0.000000383. The van der Waals surface area contributed by atoms with E-state index in [2.05, 4.69) is 51.0 Å². The van der Waals surface area contributed by atoms with E-state index in [0.717, 1.165) is 57.0 Å². The number of H-pyrrole nitrogens is 1. The van der Waals surface area contributed by atoms with E-state index in [1.54, 1.807) is 13.0 Å². The molecule has 0 aromatic carbocycles. The quantitative estimate of drug-likeness (QED) is 0.0247. The van der Waals surface area contributed by atoms with E-state index in [4.69, 9.17) is 50.9 Å². The lowest BCUT2D eigenvalue weighted by Gasteiger charge is -2.23. The molecule has 3 aliphatic rings. The summed E-state index contributed by atoms with van der Waals surface area (Å²) in [5.74, 6) is 5.14. The maximum absolute atomic E-state index is 11.8. The molecule has 3 saturated carbocycles.